The maximum atomic E-state index is 11.5. The van der Waals surface area contributed by atoms with Gasteiger partial charge in [-0.2, -0.15) is 0 Å². The Morgan fingerprint density at radius 3 is 2.76 bits per heavy atom. The summed E-state index contributed by atoms with van der Waals surface area (Å²) in [5.41, 5.74) is 6.21. The van der Waals surface area contributed by atoms with E-state index in [1.165, 1.54) is 0 Å². The van der Waals surface area contributed by atoms with Gasteiger partial charge in [-0.25, -0.2) is 13.1 Å². The number of carbonyl (C=O) groups excluding carboxylic acids is 1. The van der Waals surface area contributed by atoms with Crippen molar-refractivity contribution >= 4 is 21.6 Å². The molecule has 0 atom stereocenters. The summed E-state index contributed by atoms with van der Waals surface area (Å²) in [4.78, 5) is 11.5. The third-order valence-corrected chi connectivity index (χ3v) is 3.22. The van der Waals surface area contributed by atoms with Crippen LogP contribution in [0, 0.1) is 0 Å². The predicted molar refractivity (Wildman–Crippen MR) is 81.4 cm³/mol. The molecule has 1 rings (SSSR count). The molecule has 0 fully saturated rings. The Balaban J connectivity index is 2.09. The van der Waals surface area contributed by atoms with Gasteiger partial charge in [0, 0.05) is 24.8 Å². The highest BCUT2D eigenvalue weighted by atomic mass is 32.2. The van der Waals surface area contributed by atoms with E-state index in [0.717, 1.165) is 6.26 Å². The van der Waals surface area contributed by atoms with Crippen LogP contribution in [0.25, 0.3) is 0 Å². The third kappa shape index (κ3) is 8.87. The normalized spacial score (nSPS) is 11.1. The summed E-state index contributed by atoms with van der Waals surface area (Å²) in [5, 5.41) is 2.69. The lowest BCUT2D eigenvalue weighted by molar-refractivity contribution is -0.121. The Kier molecular flexibility index (Phi) is 6.97. The van der Waals surface area contributed by atoms with Crippen molar-refractivity contribution in [2.45, 2.75) is 12.8 Å². The molecule has 1 aromatic carbocycles. The van der Waals surface area contributed by atoms with Crippen molar-refractivity contribution in [1.82, 2.24) is 10.0 Å². The van der Waals surface area contributed by atoms with E-state index in [4.69, 9.17) is 10.5 Å². The first-order chi connectivity index (χ1) is 9.87. The summed E-state index contributed by atoms with van der Waals surface area (Å²) in [6.45, 7) is 0.982. The van der Waals surface area contributed by atoms with Crippen LogP contribution in [0.3, 0.4) is 0 Å². The Hall–Kier alpha value is -1.80. The summed E-state index contributed by atoms with van der Waals surface area (Å²) >= 11 is 0. The van der Waals surface area contributed by atoms with Crippen molar-refractivity contribution in [2.75, 3.05) is 31.7 Å². The molecule has 0 aliphatic rings. The van der Waals surface area contributed by atoms with Gasteiger partial charge < -0.3 is 15.8 Å². The van der Waals surface area contributed by atoms with Gasteiger partial charge >= 0.3 is 0 Å². The number of rotatable bonds is 9. The van der Waals surface area contributed by atoms with E-state index < -0.39 is 10.0 Å². The highest BCUT2D eigenvalue weighted by molar-refractivity contribution is 7.88. The van der Waals surface area contributed by atoms with Crippen molar-refractivity contribution < 1.29 is 17.9 Å². The van der Waals surface area contributed by atoms with Gasteiger partial charge in [0.25, 0.3) is 0 Å². The van der Waals surface area contributed by atoms with Crippen molar-refractivity contribution in [3.05, 3.63) is 24.3 Å². The van der Waals surface area contributed by atoms with Crippen LogP contribution in [0.2, 0.25) is 0 Å². The fraction of sp³-hybridized carbons (Fsp3) is 0.462. The molecule has 0 aromatic heterocycles. The molecule has 7 nitrogen and oxygen atoms in total. The van der Waals surface area contributed by atoms with Gasteiger partial charge in [-0.15, -0.1) is 0 Å². The molecule has 0 spiro atoms. The average molecular weight is 315 g/mol. The number of benzene rings is 1. The fourth-order valence-electron chi connectivity index (χ4n) is 1.53. The maximum Gasteiger partial charge on any atom is 0.223 e. The SMILES string of the molecule is CS(=O)(=O)NCCCNC(=O)CCOc1cccc(N)c1. The first-order valence-electron chi connectivity index (χ1n) is 6.56. The van der Waals surface area contributed by atoms with Gasteiger partial charge in [0.1, 0.15) is 5.75 Å². The summed E-state index contributed by atoms with van der Waals surface area (Å²) in [6.07, 6.45) is 1.86. The molecule has 4 N–H and O–H groups in total. The van der Waals surface area contributed by atoms with Gasteiger partial charge in [-0.05, 0) is 18.6 Å². The predicted octanol–water partition coefficient (Wildman–Crippen LogP) is 0.0932. The first kappa shape index (κ1) is 17.3. The lowest BCUT2D eigenvalue weighted by Crippen LogP contribution is -2.30. The number of amides is 1. The minimum atomic E-state index is -3.17. The molecule has 0 saturated heterocycles. The maximum absolute atomic E-state index is 11.5. The van der Waals surface area contributed by atoms with Crippen molar-refractivity contribution in [2.24, 2.45) is 0 Å². The fourth-order valence-corrected chi connectivity index (χ4v) is 2.04. The Bertz CT molecular complexity index is 560. The van der Waals surface area contributed by atoms with Crippen LogP contribution in [0.1, 0.15) is 12.8 Å². The van der Waals surface area contributed by atoms with Crippen LogP contribution in [0.4, 0.5) is 5.69 Å². The zero-order valence-electron chi connectivity index (χ0n) is 12.0. The number of hydrogen-bond donors (Lipinski definition) is 3. The summed E-state index contributed by atoms with van der Waals surface area (Å²) in [6, 6.07) is 6.99. The minimum Gasteiger partial charge on any atom is -0.493 e. The van der Waals surface area contributed by atoms with E-state index in [-0.39, 0.29) is 18.9 Å². The molecule has 21 heavy (non-hydrogen) atoms. The lowest BCUT2D eigenvalue weighted by atomic mass is 10.3. The molecule has 0 unspecified atom stereocenters. The van der Waals surface area contributed by atoms with Gasteiger partial charge in [0.2, 0.25) is 15.9 Å². The van der Waals surface area contributed by atoms with Crippen LogP contribution in [-0.2, 0) is 14.8 Å². The number of sulfonamides is 1. The zero-order valence-corrected chi connectivity index (χ0v) is 12.8. The summed E-state index contributed by atoms with van der Waals surface area (Å²) in [7, 11) is -3.17. The van der Waals surface area contributed by atoms with Crippen LogP contribution in [0.15, 0.2) is 24.3 Å². The van der Waals surface area contributed by atoms with Gasteiger partial charge in [-0.1, -0.05) is 6.07 Å². The molecule has 0 aliphatic heterocycles. The largest absolute Gasteiger partial charge is 0.493 e. The highest BCUT2D eigenvalue weighted by Crippen LogP contribution is 2.14. The molecule has 0 heterocycles. The average Bonchev–Trinajstić information content (AvgIpc) is 2.37. The Morgan fingerprint density at radius 2 is 2.10 bits per heavy atom. The quantitative estimate of drug-likeness (QED) is 0.442. The van der Waals surface area contributed by atoms with Gasteiger partial charge in [0.15, 0.2) is 0 Å². The number of anilines is 1. The second-order valence-electron chi connectivity index (χ2n) is 4.54. The Labute approximate surface area is 124 Å². The van der Waals surface area contributed by atoms with Crippen LogP contribution >= 0.6 is 0 Å². The molecule has 0 bridgehead atoms. The van der Waals surface area contributed by atoms with E-state index in [9.17, 15) is 13.2 Å². The van der Waals surface area contributed by atoms with Crippen molar-refractivity contribution in [1.29, 1.82) is 0 Å². The number of nitrogens with two attached hydrogens (primary N) is 1. The number of hydrogen-bond acceptors (Lipinski definition) is 5. The van der Waals surface area contributed by atoms with Crippen LogP contribution in [-0.4, -0.2) is 40.3 Å². The van der Waals surface area contributed by atoms with E-state index in [1.807, 2.05) is 0 Å². The number of ether oxygens (including phenoxy) is 1. The van der Waals surface area contributed by atoms with Crippen molar-refractivity contribution in [3.8, 4) is 5.75 Å². The molecule has 8 heteroatoms. The standard InChI is InChI=1S/C13H21N3O4S/c1-21(18,19)16-8-3-7-15-13(17)6-9-20-12-5-2-4-11(14)10-12/h2,4-5,10,16H,3,6-9,14H2,1H3,(H,15,17). The molecule has 0 aliphatic carbocycles. The van der Waals surface area contributed by atoms with E-state index in [1.54, 1.807) is 24.3 Å². The molecule has 0 saturated carbocycles. The third-order valence-electron chi connectivity index (χ3n) is 2.50. The molecular formula is C13H21N3O4S. The summed E-state index contributed by atoms with van der Waals surface area (Å²) < 4.78 is 29.4. The second-order valence-corrected chi connectivity index (χ2v) is 6.37. The van der Waals surface area contributed by atoms with E-state index in [2.05, 4.69) is 10.0 Å². The zero-order chi connectivity index (χ0) is 15.7. The molecule has 1 aromatic rings. The molecule has 118 valence electrons. The molecule has 1 amide bonds. The van der Waals surface area contributed by atoms with Crippen LogP contribution < -0.4 is 20.5 Å². The number of carbonyl (C=O) groups is 1. The van der Waals surface area contributed by atoms with Gasteiger partial charge in [0.05, 0.1) is 19.3 Å². The minimum absolute atomic E-state index is 0.141. The smallest absolute Gasteiger partial charge is 0.223 e. The Morgan fingerprint density at radius 1 is 1.33 bits per heavy atom. The topological polar surface area (TPSA) is 111 Å². The van der Waals surface area contributed by atoms with Crippen molar-refractivity contribution in [3.63, 3.8) is 0 Å². The second kappa shape index (κ2) is 8.48. The molecular weight excluding hydrogens is 294 g/mol. The number of nitrogens with one attached hydrogen (secondary N) is 2. The van der Waals surface area contributed by atoms with Gasteiger partial charge in [-0.3, -0.25) is 4.79 Å². The molecule has 0 radical (unpaired) electrons. The van der Waals surface area contributed by atoms with E-state index in [0.29, 0.717) is 30.9 Å². The lowest BCUT2D eigenvalue weighted by Gasteiger charge is -2.08. The monoisotopic (exact) mass is 315 g/mol. The first-order valence-corrected chi connectivity index (χ1v) is 8.45. The summed E-state index contributed by atoms with van der Waals surface area (Å²) in [5.74, 6) is 0.485. The number of nitrogen functional groups attached to an aromatic ring is 1. The van der Waals surface area contributed by atoms with Crippen LogP contribution in [0.5, 0.6) is 5.75 Å². The highest BCUT2D eigenvalue weighted by Gasteiger charge is 2.03. The van der Waals surface area contributed by atoms with E-state index >= 15 is 0 Å².